The fraction of sp³-hybridized carbons (Fsp3) is 0.750. The van der Waals surface area contributed by atoms with Crippen LogP contribution in [-0.2, 0) is 4.74 Å². The van der Waals surface area contributed by atoms with E-state index in [1.54, 1.807) is 18.4 Å². The van der Waals surface area contributed by atoms with Gasteiger partial charge in [0, 0.05) is 57.5 Å². The molecule has 3 heterocycles. The molecule has 134 valence electrons. The number of guanidine groups is 1. The fourth-order valence-corrected chi connectivity index (χ4v) is 4.10. The number of anilines is 1. The van der Waals surface area contributed by atoms with Gasteiger partial charge in [0.05, 0.1) is 13.2 Å². The molecule has 1 unspecified atom stereocenters. The smallest absolute Gasteiger partial charge is 0.191 e. The average Bonchev–Trinajstić information content (AvgIpc) is 3.29. The molecule has 8 heteroatoms. The molecule has 0 aromatic carbocycles. The number of methoxy groups -OCH3 is 1. The van der Waals surface area contributed by atoms with Crippen molar-refractivity contribution in [3.8, 4) is 0 Å². The number of rotatable bonds is 6. The molecule has 1 aromatic heterocycles. The molecule has 2 aliphatic rings. The minimum atomic E-state index is 0.510. The highest BCUT2D eigenvalue weighted by Crippen LogP contribution is 2.19. The number of hydrogen-bond donors (Lipinski definition) is 1. The van der Waals surface area contributed by atoms with Gasteiger partial charge in [0.1, 0.15) is 0 Å². The highest BCUT2D eigenvalue weighted by molar-refractivity contribution is 7.13. The number of ether oxygens (including phenoxy) is 1. The first-order valence-electron chi connectivity index (χ1n) is 8.70. The highest BCUT2D eigenvalue weighted by Gasteiger charge is 2.24. The van der Waals surface area contributed by atoms with Crippen molar-refractivity contribution < 1.29 is 4.74 Å². The minimum absolute atomic E-state index is 0.510. The summed E-state index contributed by atoms with van der Waals surface area (Å²) < 4.78 is 5.19. The Morgan fingerprint density at radius 3 is 2.92 bits per heavy atom. The first-order valence-corrected chi connectivity index (χ1v) is 9.58. The molecule has 3 rings (SSSR count). The molecule has 2 fully saturated rings. The van der Waals surface area contributed by atoms with Gasteiger partial charge in [-0.05, 0) is 19.4 Å². The van der Waals surface area contributed by atoms with Gasteiger partial charge in [0.15, 0.2) is 11.1 Å². The summed E-state index contributed by atoms with van der Waals surface area (Å²) in [5, 5.41) is 3.12. The second-order valence-electron chi connectivity index (χ2n) is 6.31. The van der Waals surface area contributed by atoms with Crippen molar-refractivity contribution in [2.24, 2.45) is 10.7 Å². The van der Waals surface area contributed by atoms with Crippen LogP contribution in [0.5, 0.6) is 0 Å². The number of nitrogens with zero attached hydrogens (tertiary/aromatic N) is 5. The van der Waals surface area contributed by atoms with E-state index in [1.807, 2.05) is 11.6 Å². The van der Waals surface area contributed by atoms with E-state index in [1.165, 1.54) is 12.8 Å². The topological polar surface area (TPSA) is 70.2 Å². The molecule has 7 nitrogen and oxygen atoms in total. The third kappa shape index (κ3) is 4.37. The van der Waals surface area contributed by atoms with Crippen molar-refractivity contribution in [2.45, 2.75) is 18.9 Å². The SMILES string of the molecule is COCCN1CCCC1CN=C(N)N1CCN(c2nccs2)CC1. The predicted molar refractivity (Wildman–Crippen MR) is 98.9 cm³/mol. The van der Waals surface area contributed by atoms with E-state index in [9.17, 15) is 0 Å². The van der Waals surface area contributed by atoms with Gasteiger partial charge in [0.2, 0.25) is 0 Å². The van der Waals surface area contributed by atoms with Gasteiger partial charge < -0.3 is 20.3 Å². The van der Waals surface area contributed by atoms with E-state index in [4.69, 9.17) is 10.5 Å². The lowest BCUT2D eigenvalue weighted by Gasteiger charge is -2.35. The maximum Gasteiger partial charge on any atom is 0.191 e. The van der Waals surface area contributed by atoms with E-state index in [2.05, 4.69) is 24.7 Å². The van der Waals surface area contributed by atoms with E-state index in [0.29, 0.717) is 12.0 Å². The van der Waals surface area contributed by atoms with Crippen molar-refractivity contribution in [2.75, 3.05) is 64.4 Å². The van der Waals surface area contributed by atoms with Crippen LogP contribution in [0.4, 0.5) is 5.13 Å². The largest absolute Gasteiger partial charge is 0.383 e. The average molecular weight is 353 g/mol. The summed E-state index contributed by atoms with van der Waals surface area (Å²) >= 11 is 1.69. The predicted octanol–water partition coefficient (Wildman–Crippen LogP) is 0.691. The second-order valence-corrected chi connectivity index (χ2v) is 7.19. The molecule has 0 bridgehead atoms. The number of nitrogens with two attached hydrogens (primary N) is 1. The summed E-state index contributed by atoms with van der Waals surface area (Å²) in [6, 6.07) is 0.510. The van der Waals surface area contributed by atoms with Crippen LogP contribution >= 0.6 is 11.3 Å². The van der Waals surface area contributed by atoms with Gasteiger partial charge in [-0.2, -0.15) is 0 Å². The van der Waals surface area contributed by atoms with Crippen molar-refractivity contribution in [1.29, 1.82) is 0 Å². The molecule has 24 heavy (non-hydrogen) atoms. The fourth-order valence-electron chi connectivity index (χ4n) is 3.40. The van der Waals surface area contributed by atoms with Gasteiger partial charge in [-0.3, -0.25) is 9.89 Å². The summed E-state index contributed by atoms with van der Waals surface area (Å²) in [5.74, 6) is 0.687. The quantitative estimate of drug-likeness (QED) is 0.600. The normalized spacial score (nSPS) is 23.2. The maximum absolute atomic E-state index is 6.24. The third-order valence-electron chi connectivity index (χ3n) is 4.84. The number of thiazole rings is 1. The molecule has 0 radical (unpaired) electrons. The number of hydrogen-bond acceptors (Lipinski definition) is 6. The molecule has 0 aliphatic carbocycles. The lowest BCUT2D eigenvalue weighted by Crippen LogP contribution is -2.51. The summed E-state index contributed by atoms with van der Waals surface area (Å²) in [6.07, 6.45) is 4.31. The molecule has 1 aromatic rings. The Bertz CT molecular complexity index is 515. The van der Waals surface area contributed by atoms with Gasteiger partial charge >= 0.3 is 0 Å². The second kappa shape index (κ2) is 8.64. The van der Waals surface area contributed by atoms with Crippen molar-refractivity contribution in [3.63, 3.8) is 0 Å². The Morgan fingerprint density at radius 1 is 1.38 bits per heavy atom. The lowest BCUT2D eigenvalue weighted by atomic mass is 10.2. The molecule has 2 N–H and O–H groups in total. The zero-order chi connectivity index (χ0) is 16.8. The molecule has 1 atom stereocenters. The van der Waals surface area contributed by atoms with E-state index < -0.39 is 0 Å². The first kappa shape index (κ1) is 17.4. The van der Waals surface area contributed by atoms with Crippen molar-refractivity contribution in [1.82, 2.24) is 14.8 Å². The number of aliphatic imine (C=N–C) groups is 1. The van der Waals surface area contributed by atoms with Gasteiger partial charge in [-0.25, -0.2) is 4.98 Å². The van der Waals surface area contributed by atoms with Crippen LogP contribution in [0, 0.1) is 0 Å². The van der Waals surface area contributed by atoms with Crippen LogP contribution in [0.1, 0.15) is 12.8 Å². The van der Waals surface area contributed by atoms with Crippen LogP contribution in [-0.4, -0.2) is 86.3 Å². The zero-order valence-electron chi connectivity index (χ0n) is 14.4. The first-order chi connectivity index (χ1) is 11.8. The van der Waals surface area contributed by atoms with Gasteiger partial charge in [-0.15, -0.1) is 11.3 Å². The molecule has 2 aliphatic heterocycles. The maximum atomic E-state index is 6.24. The highest BCUT2D eigenvalue weighted by atomic mass is 32.1. The van der Waals surface area contributed by atoms with Crippen LogP contribution in [0.15, 0.2) is 16.6 Å². The Balaban J connectivity index is 1.46. The Labute approximate surface area is 148 Å². The third-order valence-corrected chi connectivity index (χ3v) is 5.67. The summed E-state index contributed by atoms with van der Waals surface area (Å²) in [5.41, 5.74) is 6.24. The van der Waals surface area contributed by atoms with Crippen LogP contribution < -0.4 is 10.6 Å². The lowest BCUT2D eigenvalue weighted by molar-refractivity contribution is 0.142. The van der Waals surface area contributed by atoms with Crippen LogP contribution in [0.25, 0.3) is 0 Å². The summed E-state index contributed by atoms with van der Waals surface area (Å²) in [7, 11) is 1.76. The van der Waals surface area contributed by atoms with Crippen LogP contribution in [0.2, 0.25) is 0 Å². The van der Waals surface area contributed by atoms with E-state index >= 15 is 0 Å². The standard InChI is InChI=1S/C16H28N6OS/c1-23-11-10-20-5-2-3-14(20)13-19-15(17)21-6-8-22(9-7-21)16-18-4-12-24-16/h4,12,14H,2-3,5-11,13H2,1H3,(H2,17,19). The molecular formula is C16H28N6OS. The van der Waals surface area contributed by atoms with Crippen LogP contribution in [0.3, 0.4) is 0 Å². The van der Waals surface area contributed by atoms with Crippen molar-refractivity contribution >= 4 is 22.4 Å². The van der Waals surface area contributed by atoms with E-state index in [-0.39, 0.29) is 0 Å². The molecule has 0 saturated carbocycles. The van der Waals surface area contributed by atoms with Crippen molar-refractivity contribution in [3.05, 3.63) is 11.6 Å². The number of aromatic nitrogens is 1. The number of likely N-dealkylation sites (tertiary alicyclic amines) is 1. The monoisotopic (exact) mass is 352 g/mol. The minimum Gasteiger partial charge on any atom is -0.383 e. The molecular weight excluding hydrogens is 324 g/mol. The molecule has 0 spiro atoms. The molecule has 0 amide bonds. The Kier molecular flexibility index (Phi) is 6.28. The Morgan fingerprint density at radius 2 is 2.21 bits per heavy atom. The summed E-state index contributed by atoms with van der Waals surface area (Å²) in [4.78, 5) is 16.0. The van der Waals surface area contributed by atoms with Gasteiger partial charge in [-0.1, -0.05) is 0 Å². The zero-order valence-corrected chi connectivity index (χ0v) is 15.2. The van der Waals surface area contributed by atoms with E-state index in [0.717, 1.165) is 57.6 Å². The Hall–Kier alpha value is -1.38. The summed E-state index contributed by atoms with van der Waals surface area (Å²) in [6.45, 7) is 7.44. The number of piperazine rings is 1. The molecule has 2 saturated heterocycles. The van der Waals surface area contributed by atoms with Gasteiger partial charge in [0.25, 0.3) is 0 Å².